The summed E-state index contributed by atoms with van der Waals surface area (Å²) in [6.45, 7) is 6.01. The van der Waals surface area contributed by atoms with Crippen LogP contribution in [0.4, 0.5) is 5.82 Å². The molecule has 1 aliphatic rings. The van der Waals surface area contributed by atoms with Gasteiger partial charge in [0.25, 0.3) is 0 Å². The number of aliphatic hydroxyl groups is 1. The zero-order chi connectivity index (χ0) is 29.0. The quantitative estimate of drug-likeness (QED) is 0.0839. The largest absolute Gasteiger partial charge is 0.463 e. The summed E-state index contributed by atoms with van der Waals surface area (Å²) >= 11 is 0. The first-order valence-electron chi connectivity index (χ1n) is 16.0. The Morgan fingerprint density at radius 2 is 1.40 bits per heavy atom. The molecule has 8 heteroatoms. The Morgan fingerprint density at radius 3 is 1.88 bits per heavy atom. The summed E-state index contributed by atoms with van der Waals surface area (Å²) in [5.74, 6) is -0.200. The summed E-state index contributed by atoms with van der Waals surface area (Å²) in [6.07, 6.45) is 24.0. The van der Waals surface area contributed by atoms with Crippen molar-refractivity contribution in [2.24, 2.45) is 0 Å². The van der Waals surface area contributed by atoms with E-state index in [-0.39, 0.29) is 18.4 Å². The number of aliphatic hydroxyl groups excluding tert-OH is 1. The monoisotopic (exact) mass is 561 g/mol. The highest BCUT2D eigenvalue weighted by Gasteiger charge is 2.39. The Balaban J connectivity index is 1.39. The maximum atomic E-state index is 12.2. The van der Waals surface area contributed by atoms with Crippen molar-refractivity contribution in [2.45, 2.75) is 154 Å². The van der Waals surface area contributed by atoms with Crippen molar-refractivity contribution >= 4 is 11.8 Å². The number of anilines is 1. The zero-order valence-electron chi connectivity index (χ0n) is 25.0. The second-order valence-electron chi connectivity index (χ2n) is 11.4. The SMILES string of the molecule is C=C1[C@H](n2ccc(N)nc2=O)O[C@H](COC(=O)CCCCCCCCCCCCCCCCCCCCC)[C@H]1O. The molecule has 0 aromatic carbocycles. The molecule has 1 aliphatic heterocycles. The predicted molar refractivity (Wildman–Crippen MR) is 161 cm³/mol. The minimum Gasteiger partial charge on any atom is -0.463 e. The molecule has 0 saturated carbocycles. The highest BCUT2D eigenvalue weighted by molar-refractivity contribution is 5.69. The third kappa shape index (κ3) is 13.4. The summed E-state index contributed by atoms with van der Waals surface area (Å²) < 4.78 is 12.3. The fraction of sp³-hybridized carbons (Fsp3) is 0.781. The first-order chi connectivity index (χ1) is 19.4. The van der Waals surface area contributed by atoms with Crippen LogP contribution in [0.1, 0.15) is 142 Å². The van der Waals surface area contributed by atoms with Gasteiger partial charge in [0.1, 0.15) is 24.6 Å². The maximum absolute atomic E-state index is 12.2. The highest BCUT2D eigenvalue weighted by Crippen LogP contribution is 2.32. The molecule has 8 nitrogen and oxygen atoms in total. The molecule has 0 amide bonds. The topological polar surface area (TPSA) is 117 Å². The number of hydrogen-bond acceptors (Lipinski definition) is 7. The number of carbonyl (C=O) groups is 1. The minimum absolute atomic E-state index is 0.0915. The van der Waals surface area contributed by atoms with Gasteiger partial charge in [0.05, 0.1) is 0 Å². The molecular weight excluding hydrogens is 506 g/mol. The fourth-order valence-corrected chi connectivity index (χ4v) is 5.29. The second kappa shape index (κ2) is 20.7. The van der Waals surface area contributed by atoms with Crippen molar-refractivity contribution in [3.63, 3.8) is 0 Å². The van der Waals surface area contributed by atoms with E-state index in [1.54, 1.807) is 0 Å². The van der Waals surface area contributed by atoms with Crippen LogP contribution in [-0.2, 0) is 14.3 Å². The molecule has 0 unspecified atom stereocenters. The molecule has 1 fully saturated rings. The Morgan fingerprint density at radius 1 is 0.925 bits per heavy atom. The van der Waals surface area contributed by atoms with Crippen molar-refractivity contribution in [2.75, 3.05) is 12.3 Å². The van der Waals surface area contributed by atoms with Gasteiger partial charge in [-0.15, -0.1) is 0 Å². The van der Waals surface area contributed by atoms with Crippen molar-refractivity contribution in [3.05, 3.63) is 34.9 Å². The lowest BCUT2D eigenvalue weighted by Gasteiger charge is -2.15. The van der Waals surface area contributed by atoms with Gasteiger partial charge in [-0.3, -0.25) is 9.36 Å². The first kappa shape index (κ1) is 34.0. The molecule has 2 heterocycles. The molecule has 1 saturated heterocycles. The van der Waals surface area contributed by atoms with Crippen LogP contribution in [-0.4, -0.2) is 39.4 Å². The lowest BCUT2D eigenvalue weighted by Crippen LogP contribution is -2.29. The summed E-state index contributed by atoms with van der Waals surface area (Å²) in [6, 6.07) is 1.47. The number of ether oxygens (including phenoxy) is 2. The van der Waals surface area contributed by atoms with Gasteiger partial charge in [0.2, 0.25) is 0 Å². The number of nitrogen functional groups attached to an aromatic ring is 1. The van der Waals surface area contributed by atoms with E-state index in [2.05, 4.69) is 18.5 Å². The van der Waals surface area contributed by atoms with Gasteiger partial charge in [-0.2, -0.15) is 4.98 Å². The van der Waals surface area contributed by atoms with E-state index in [4.69, 9.17) is 15.2 Å². The molecule has 40 heavy (non-hydrogen) atoms. The van der Waals surface area contributed by atoms with Gasteiger partial charge in [-0.1, -0.05) is 129 Å². The molecule has 1 aromatic heterocycles. The van der Waals surface area contributed by atoms with Crippen molar-refractivity contribution < 1.29 is 19.4 Å². The zero-order valence-corrected chi connectivity index (χ0v) is 25.0. The van der Waals surface area contributed by atoms with Crippen LogP contribution >= 0.6 is 0 Å². The third-order valence-electron chi connectivity index (χ3n) is 7.85. The summed E-state index contributed by atoms with van der Waals surface area (Å²) in [5.41, 5.74) is 5.24. The number of carbonyl (C=O) groups excluding carboxylic acids is 1. The van der Waals surface area contributed by atoms with E-state index in [0.29, 0.717) is 12.0 Å². The Labute approximate surface area is 241 Å². The van der Waals surface area contributed by atoms with E-state index in [1.165, 1.54) is 120 Å². The minimum atomic E-state index is -1.04. The molecular formula is C32H55N3O5. The summed E-state index contributed by atoms with van der Waals surface area (Å²) in [4.78, 5) is 27.9. The smallest absolute Gasteiger partial charge is 0.351 e. The first-order valence-corrected chi connectivity index (χ1v) is 16.0. The summed E-state index contributed by atoms with van der Waals surface area (Å²) in [5, 5.41) is 10.4. The van der Waals surface area contributed by atoms with Crippen LogP contribution in [0.25, 0.3) is 0 Å². The number of esters is 1. The molecule has 1 aromatic rings. The van der Waals surface area contributed by atoms with E-state index < -0.39 is 24.1 Å². The number of rotatable bonds is 23. The second-order valence-corrected chi connectivity index (χ2v) is 11.4. The van der Waals surface area contributed by atoms with Crippen LogP contribution in [0.3, 0.4) is 0 Å². The van der Waals surface area contributed by atoms with Gasteiger partial charge >= 0.3 is 11.7 Å². The third-order valence-corrected chi connectivity index (χ3v) is 7.85. The molecule has 0 spiro atoms. The predicted octanol–water partition coefficient (Wildman–Crippen LogP) is 7.01. The van der Waals surface area contributed by atoms with E-state index in [0.717, 1.165) is 19.3 Å². The van der Waals surface area contributed by atoms with Gasteiger partial charge in [-0.05, 0) is 12.5 Å². The number of nitrogens with zero attached hydrogens (tertiary/aromatic N) is 2. The Hall–Kier alpha value is -2.19. The van der Waals surface area contributed by atoms with E-state index in [9.17, 15) is 14.7 Å². The van der Waals surface area contributed by atoms with Crippen LogP contribution in [0, 0.1) is 0 Å². The number of nitrogens with two attached hydrogens (primary N) is 1. The maximum Gasteiger partial charge on any atom is 0.351 e. The van der Waals surface area contributed by atoms with Crippen LogP contribution in [0.2, 0.25) is 0 Å². The van der Waals surface area contributed by atoms with Crippen LogP contribution in [0.5, 0.6) is 0 Å². The average molecular weight is 562 g/mol. The molecule has 0 bridgehead atoms. The van der Waals surface area contributed by atoms with Gasteiger partial charge in [0.15, 0.2) is 6.23 Å². The van der Waals surface area contributed by atoms with Crippen molar-refractivity contribution in [1.82, 2.24) is 9.55 Å². The van der Waals surface area contributed by atoms with Gasteiger partial charge in [0, 0.05) is 18.2 Å². The summed E-state index contributed by atoms with van der Waals surface area (Å²) in [7, 11) is 0. The standard InChI is InChI=1S/C32H55N3O5/c1-3-4-5-6-7-8-9-10-11-12-13-14-15-16-17-18-19-20-21-22-29(36)39-25-27-30(37)26(2)31(40-27)35-24-23-28(33)34-32(35)38/h23-24,27,30-31,37H,2-22,25H2,1H3,(H2,33,34,38)/t27-,30+,31-/m1/s1. The molecule has 0 aliphatic carbocycles. The Kier molecular flexibility index (Phi) is 17.6. The number of unbranched alkanes of at least 4 members (excludes halogenated alkanes) is 18. The number of hydrogen-bond donors (Lipinski definition) is 2. The van der Waals surface area contributed by atoms with Gasteiger partial charge in [-0.25, -0.2) is 4.79 Å². The van der Waals surface area contributed by atoms with E-state index >= 15 is 0 Å². The van der Waals surface area contributed by atoms with E-state index in [1.807, 2.05) is 0 Å². The van der Waals surface area contributed by atoms with Crippen molar-refractivity contribution in [3.8, 4) is 0 Å². The normalized spacial score (nSPS) is 18.9. The molecule has 0 radical (unpaired) electrons. The van der Waals surface area contributed by atoms with Crippen LogP contribution < -0.4 is 11.4 Å². The molecule has 228 valence electrons. The highest BCUT2D eigenvalue weighted by atomic mass is 16.6. The molecule has 2 rings (SSSR count). The average Bonchev–Trinajstić information content (AvgIpc) is 3.21. The molecule has 3 atom stereocenters. The van der Waals surface area contributed by atoms with Crippen LogP contribution in [0.15, 0.2) is 29.2 Å². The van der Waals surface area contributed by atoms with Crippen molar-refractivity contribution in [1.29, 1.82) is 0 Å². The lowest BCUT2D eigenvalue weighted by atomic mass is 10.0. The number of aromatic nitrogens is 2. The van der Waals surface area contributed by atoms with Gasteiger partial charge < -0.3 is 20.3 Å². The lowest BCUT2D eigenvalue weighted by molar-refractivity contribution is -0.150. The fourth-order valence-electron chi connectivity index (χ4n) is 5.29. The molecule has 3 N–H and O–H groups in total. The Bertz CT molecular complexity index is 903.